The first-order valence-corrected chi connectivity index (χ1v) is 34.3. The van der Waals surface area contributed by atoms with E-state index in [1.54, 1.807) is 6.08 Å². The molecule has 0 bridgehead atoms. The Morgan fingerprint density at radius 3 is 1.01 bits per heavy atom. The monoisotopic (exact) mass is 1070 g/mol. The summed E-state index contributed by atoms with van der Waals surface area (Å²) in [6, 6.07) is -0.625. The molecule has 0 heterocycles. The number of hydrogen-bond acceptors (Lipinski definition) is 5. The van der Waals surface area contributed by atoms with Crippen LogP contribution in [0.25, 0.3) is 0 Å². The summed E-state index contributed by atoms with van der Waals surface area (Å²) >= 11 is 0. The summed E-state index contributed by atoms with van der Waals surface area (Å²) in [6.45, 7) is 4.91. The van der Waals surface area contributed by atoms with Crippen molar-refractivity contribution in [3.05, 3.63) is 36.5 Å². The van der Waals surface area contributed by atoms with Crippen LogP contribution in [0.1, 0.15) is 373 Å². The van der Waals surface area contributed by atoms with Gasteiger partial charge in [-0.15, -0.1) is 0 Å². The van der Waals surface area contributed by atoms with E-state index in [1.807, 2.05) is 6.08 Å². The molecule has 6 heteroatoms. The third kappa shape index (κ3) is 61.3. The van der Waals surface area contributed by atoms with Gasteiger partial charge in [0.25, 0.3) is 0 Å². The van der Waals surface area contributed by atoms with Crippen LogP contribution in [0.2, 0.25) is 0 Å². The average Bonchev–Trinajstić information content (AvgIpc) is 3.42. The number of allylic oxidation sites excluding steroid dienone is 5. The number of aliphatic hydroxyl groups excluding tert-OH is 2. The predicted molar refractivity (Wildman–Crippen MR) is 333 cm³/mol. The number of rotatable bonds is 64. The van der Waals surface area contributed by atoms with Crippen molar-refractivity contribution < 1.29 is 24.5 Å². The van der Waals surface area contributed by atoms with Gasteiger partial charge in [0.15, 0.2) is 0 Å². The third-order valence-electron chi connectivity index (χ3n) is 15.9. The first kappa shape index (κ1) is 74.1. The number of nitrogens with one attached hydrogen (secondary N) is 1. The van der Waals surface area contributed by atoms with Gasteiger partial charge in [0.1, 0.15) is 0 Å². The van der Waals surface area contributed by atoms with Crippen LogP contribution >= 0.6 is 0 Å². The predicted octanol–water partition coefficient (Wildman–Crippen LogP) is 21.9. The minimum Gasteiger partial charge on any atom is -0.466 e. The Bertz CT molecular complexity index is 1230. The Morgan fingerprint density at radius 2 is 0.658 bits per heavy atom. The van der Waals surface area contributed by atoms with Gasteiger partial charge in [-0.25, -0.2) is 0 Å². The highest BCUT2D eigenvalue weighted by Crippen LogP contribution is 2.18. The lowest BCUT2D eigenvalue weighted by Gasteiger charge is -2.20. The maximum Gasteiger partial charge on any atom is 0.305 e. The number of ether oxygens (including phenoxy) is 1. The number of carbonyl (C=O) groups is 2. The molecular formula is C70H133NO5. The van der Waals surface area contributed by atoms with Gasteiger partial charge in [0.2, 0.25) is 5.91 Å². The van der Waals surface area contributed by atoms with E-state index < -0.39 is 12.1 Å². The Morgan fingerprint density at radius 1 is 0.368 bits per heavy atom. The van der Waals surface area contributed by atoms with Crippen LogP contribution in [0, 0.1) is 0 Å². The van der Waals surface area contributed by atoms with Crippen molar-refractivity contribution in [2.45, 2.75) is 386 Å². The molecule has 2 unspecified atom stereocenters. The SMILES string of the molecule is CCCCCC/C=C\C/C=C\CCCCCCCCCC(=O)OCCCCCCCCCCCCCCCCCCCCCCCCCCCCCC(=O)NC(CO)C(O)/C=C/CCCCCCCCCCCCCC. The molecule has 6 nitrogen and oxygen atoms in total. The third-order valence-corrected chi connectivity index (χ3v) is 15.9. The molecule has 3 N–H and O–H groups in total. The highest BCUT2D eigenvalue weighted by Gasteiger charge is 2.18. The fourth-order valence-electron chi connectivity index (χ4n) is 10.7. The van der Waals surface area contributed by atoms with E-state index in [-0.39, 0.29) is 18.5 Å². The van der Waals surface area contributed by atoms with Crippen molar-refractivity contribution in [2.24, 2.45) is 0 Å². The molecule has 0 aliphatic rings. The average molecular weight is 1070 g/mol. The van der Waals surface area contributed by atoms with Crippen LogP contribution in [-0.4, -0.2) is 47.4 Å². The van der Waals surface area contributed by atoms with E-state index in [4.69, 9.17) is 4.74 Å². The lowest BCUT2D eigenvalue weighted by molar-refractivity contribution is -0.143. The topological polar surface area (TPSA) is 95.9 Å². The van der Waals surface area contributed by atoms with Crippen molar-refractivity contribution in [1.82, 2.24) is 5.32 Å². The van der Waals surface area contributed by atoms with Gasteiger partial charge >= 0.3 is 5.97 Å². The molecule has 76 heavy (non-hydrogen) atoms. The molecule has 0 radical (unpaired) electrons. The molecule has 0 aliphatic carbocycles. The number of hydrogen-bond donors (Lipinski definition) is 3. The molecule has 0 aromatic rings. The van der Waals surface area contributed by atoms with Gasteiger partial charge in [-0.05, 0) is 64.2 Å². The van der Waals surface area contributed by atoms with Crippen molar-refractivity contribution >= 4 is 11.9 Å². The zero-order valence-electron chi connectivity index (χ0n) is 51.3. The van der Waals surface area contributed by atoms with Crippen LogP contribution in [0.4, 0.5) is 0 Å². The molecule has 0 aromatic carbocycles. The first-order valence-electron chi connectivity index (χ1n) is 34.3. The summed E-state index contributed by atoms with van der Waals surface area (Å²) in [5.41, 5.74) is 0. The van der Waals surface area contributed by atoms with Crippen molar-refractivity contribution in [3.8, 4) is 0 Å². The highest BCUT2D eigenvalue weighted by atomic mass is 16.5. The molecule has 0 aliphatic heterocycles. The van der Waals surface area contributed by atoms with E-state index in [2.05, 4.69) is 43.5 Å². The molecule has 0 saturated heterocycles. The zero-order chi connectivity index (χ0) is 55.0. The smallest absolute Gasteiger partial charge is 0.305 e. The van der Waals surface area contributed by atoms with E-state index in [0.717, 1.165) is 51.4 Å². The minimum atomic E-state index is -0.842. The van der Waals surface area contributed by atoms with Gasteiger partial charge in [-0.1, -0.05) is 333 Å². The van der Waals surface area contributed by atoms with Crippen LogP contribution in [0.3, 0.4) is 0 Å². The van der Waals surface area contributed by atoms with Gasteiger partial charge in [0, 0.05) is 12.8 Å². The van der Waals surface area contributed by atoms with Crippen molar-refractivity contribution in [1.29, 1.82) is 0 Å². The molecule has 1 amide bonds. The second-order valence-electron chi connectivity index (χ2n) is 23.5. The van der Waals surface area contributed by atoms with Crippen LogP contribution in [0.5, 0.6) is 0 Å². The number of carbonyl (C=O) groups excluding carboxylic acids is 2. The van der Waals surface area contributed by atoms with Crippen LogP contribution in [0.15, 0.2) is 36.5 Å². The second kappa shape index (κ2) is 65.6. The lowest BCUT2D eigenvalue weighted by Crippen LogP contribution is -2.45. The van der Waals surface area contributed by atoms with Crippen LogP contribution < -0.4 is 5.32 Å². The fraction of sp³-hybridized carbons (Fsp3) is 0.886. The quantitative estimate of drug-likeness (QED) is 0.0320. The molecule has 0 rings (SSSR count). The van der Waals surface area contributed by atoms with Gasteiger partial charge in [-0.3, -0.25) is 9.59 Å². The summed E-state index contributed by atoms with van der Waals surface area (Å²) in [5.74, 6) is -0.0532. The minimum absolute atomic E-state index is 0.0106. The molecule has 0 aromatic heterocycles. The number of unbranched alkanes of at least 4 members (excludes halogenated alkanes) is 49. The summed E-state index contributed by atoms with van der Waals surface area (Å²) in [4.78, 5) is 24.6. The summed E-state index contributed by atoms with van der Waals surface area (Å²) < 4.78 is 5.50. The molecule has 448 valence electrons. The second-order valence-corrected chi connectivity index (χ2v) is 23.5. The molecule has 0 fully saturated rings. The summed E-state index contributed by atoms with van der Waals surface area (Å²) in [5, 5.41) is 23.1. The molecule has 0 spiro atoms. The van der Waals surface area contributed by atoms with E-state index >= 15 is 0 Å². The van der Waals surface area contributed by atoms with Crippen molar-refractivity contribution in [3.63, 3.8) is 0 Å². The number of amides is 1. The van der Waals surface area contributed by atoms with Gasteiger partial charge in [-0.2, -0.15) is 0 Å². The van der Waals surface area contributed by atoms with Crippen LogP contribution in [-0.2, 0) is 14.3 Å². The van der Waals surface area contributed by atoms with Crippen molar-refractivity contribution in [2.75, 3.05) is 13.2 Å². The van der Waals surface area contributed by atoms with E-state index in [9.17, 15) is 19.8 Å². The van der Waals surface area contributed by atoms with Gasteiger partial charge in [0.05, 0.1) is 25.4 Å². The molecular weight excluding hydrogens is 935 g/mol. The Hall–Kier alpha value is -1.92. The Labute approximate surface area is 474 Å². The number of esters is 1. The summed E-state index contributed by atoms with van der Waals surface area (Å²) in [6.07, 6.45) is 83.6. The highest BCUT2D eigenvalue weighted by molar-refractivity contribution is 5.76. The maximum atomic E-state index is 12.5. The standard InChI is InChI=1S/C70H133NO5/c1-3-5-7-9-11-13-15-17-19-20-33-36-40-44-48-52-56-60-64-70(75)76-65-61-57-53-49-45-41-37-34-31-29-27-25-23-21-22-24-26-28-30-32-35-39-43-47-51-55-59-63-69(74)71-67(66-72)68(73)62-58-54-50-46-42-38-18-16-14-12-10-8-6-4-2/h13,15,19-20,58,62,67-68,72-73H,3-12,14,16-18,21-57,59-61,63-66H2,1-2H3,(H,71,74)/b15-13-,20-19-,62-58+. The van der Waals surface area contributed by atoms with Gasteiger partial charge < -0.3 is 20.3 Å². The fourth-order valence-corrected chi connectivity index (χ4v) is 10.7. The van der Waals surface area contributed by atoms with E-state index in [0.29, 0.717) is 19.4 Å². The van der Waals surface area contributed by atoms with E-state index in [1.165, 1.54) is 295 Å². The Kier molecular flexibility index (Phi) is 63.9. The number of aliphatic hydroxyl groups is 2. The normalized spacial score (nSPS) is 12.7. The zero-order valence-corrected chi connectivity index (χ0v) is 51.3. The molecule has 0 saturated carbocycles. The maximum absolute atomic E-state index is 12.5. The first-order chi connectivity index (χ1) is 37.5. The molecule has 2 atom stereocenters. The largest absolute Gasteiger partial charge is 0.466 e. The lowest BCUT2D eigenvalue weighted by atomic mass is 10.0. The Balaban J connectivity index is 3.35. The summed E-state index contributed by atoms with van der Waals surface area (Å²) in [7, 11) is 0.